The number of hydrogen-bond donors (Lipinski definition) is 4. The van der Waals surface area contributed by atoms with E-state index in [-0.39, 0.29) is 39.3 Å². The molecule has 0 spiro atoms. The van der Waals surface area contributed by atoms with Gasteiger partial charge in [0.25, 0.3) is 0 Å². The Morgan fingerprint density at radius 2 is 0.500 bits per heavy atom. The summed E-state index contributed by atoms with van der Waals surface area (Å²) in [6.07, 6.45) is 1.00. The molecule has 0 aromatic rings. The average molecular weight is 913 g/mol. The summed E-state index contributed by atoms with van der Waals surface area (Å²) in [4.78, 5) is 58.2. The Hall–Kier alpha value is -2.52. The predicted octanol–water partition coefficient (Wildman–Crippen LogP) is 5.41. The quantitative estimate of drug-likeness (QED) is 0.120. The summed E-state index contributed by atoms with van der Waals surface area (Å²) in [6.45, 7) is 28.8. The van der Waals surface area contributed by atoms with Crippen LogP contribution in [-0.2, 0) is 38.1 Å². The maximum Gasteiger partial charge on any atom is 0.320 e. The Morgan fingerprint density at radius 3 is 0.641 bits per heavy atom. The lowest BCUT2D eigenvalue weighted by Gasteiger charge is -2.51. The van der Waals surface area contributed by atoms with Crippen LogP contribution in [0.3, 0.4) is 0 Å². The van der Waals surface area contributed by atoms with Gasteiger partial charge in [-0.05, 0) is 111 Å². The summed E-state index contributed by atoms with van der Waals surface area (Å²) in [6, 6.07) is 0. The first-order valence-corrected chi connectivity index (χ1v) is 23.1. The molecule has 0 atom stereocenters. The van der Waals surface area contributed by atoms with Crippen LogP contribution >= 0.6 is 0 Å². The zero-order valence-corrected chi connectivity index (χ0v) is 41.9. The van der Waals surface area contributed by atoms with Gasteiger partial charge in [0.15, 0.2) is 0 Å². The molecule has 4 saturated heterocycles. The van der Waals surface area contributed by atoms with Crippen LogP contribution in [0.1, 0.15) is 162 Å². The molecule has 0 amide bonds. The second kappa shape index (κ2) is 19.2. The number of rotatable bonds is 15. The highest BCUT2D eigenvalue weighted by Crippen LogP contribution is 2.41. The van der Waals surface area contributed by atoms with Gasteiger partial charge < -0.3 is 39.8 Å². The molecule has 0 aliphatic carbocycles. The number of carbonyl (C=O) groups is 4. The zero-order chi connectivity index (χ0) is 48.8. The van der Waals surface area contributed by atoms with Gasteiger partial charge in [0.05, 0.1) is 26.2 Å². The molecule has 64 heavy (non-hydrogen) atoms. The molecular formula is C46H84N6O12. The highest BCUT2D eigenvalue weighted by Gasteiger charge is 2.50. The van der Waals surface area contributed by atoms with E-state index in [2.05, 4.69) is 0 Å². The van der Waals surface area contributed by atoms with E-state index in [0.29, 0.717) is 51.4 Å². The SMILES string of the molecule is CC1(C)CC(OC(=O)CN(CCN(CC(=O)OC2CC(C)(C)N(O)C(C)(C)C2)CC(=O)OC2CC(C)(C)N(O)C(C)(C)C2)CC(=O)OC2CC(C)(C)N(O)C(C)(C)C2)CC(C)(C)N1O. The normalized spacial score (nSPS) is 26.4. The molecule has 0 radical (unpaired) electrons. The van der Waals surface area contributed by atoms with Crippen molar-refractivity contribution in [3.8, 4) is 0 Å². The minimum Gasteiger partial charge on any atom is -0.461 e. The lowest BCUT2D eigenvalue weighted by molar-refractivity contribution is -0.260. The monoisotopic (exact) mass is 913 g/mol. The van der Waals surface area contributed by atoms with E-state index in [9.17, 15) is 40.0 Å². The summed E-state index contributed by atoms with van der Waals surface area (Å²) in [5.74, 6) is -2.34. The van der Waals surface area contributed by atoms with E-state index in [1.165, 1.54) is 20.3 Å². The number of carbonyl (C=O) groups excluding carboxylic acids is 4. The smallest absolute Gasteiger partial charge is 0.320 e. The Bertz CT molecular complexity index is 1370. The highest BCUT2D eigenvalue weighted by molar-refractivity contribution is 5.76. The van der Waals surface area contributed by atoms with Gasteiger partial charge >= 0.3 is 23.9 Å². The molecule has 0 saturated carbocycles. The van der Waals surface area contributed by atoms with Crippen LogP contribution < -0.4 is 0 Å². The van der Waals surface area contributed by atoms with Crippen molar-refractivity contribution >= 4 is 23.9 Å². The molecule has 4 rings (SSSR count). The van der Waals surface area contributed by atoms with E-state index in [0.717, 1.165) is 0 Å². The number of esters is 4. The first-order valence-electron chi connectivity index (χ1n) is 23.1. The maximum atomic E-state index is 13.8. The summed E-state index contributed by atoms with van der Waals surface area (Å²) in [5, 5.41) is 48.6. The van der Waals surface area contributed by atoms with Crippen molar-refractivity contribution in [1.29, 1.82) is 0 Å². The number of ether oxygens (including phenoxy) is 4. The fraction of sp³-hybridized carbons (Fsp3) is 0.913. The molecule has 4 fully saturated rings. The third-order valence-corrected chi connectivity index (χ3v) is 13.7. The molecular weight excluding hydrogens is 829 g/mol. The van der Waals surface area contributed by atoms with Crippen molar-refractivity contribution in [2.24, 2.45) is 0 Å². The predicted molar refractivity (Wildman–Crippen MR) is 236 cm³/mol. The van der Waals surface area contributed by atoms with Crippen LogP contribution in [0.2, 0.25) is 0 Å². The van der Waals surface area contributed by atoms with Gasteiger partial charge in [0, 0.05) is 109 Å². The fourth-order valence-electron chi connectivity index (χ4n) is 11.4. The number of piperidine rings is 4. The molecule has 4 heterocycles. The minimum atomic E-state index is -0.674. The third kappa shape index (κ3) is 13.6. The number of nitrogens with zero attached hydrogens (tertiary/aromatic N) is 6. The van der Waals surface area contributed by atoms with Gasteiger partial charge in [-0.25, -0.2) is 0 Å². The lowest BCUT2D eigenvalue weighted by Crippen LogP contribution is -2.61. The Morgan fingerprint density at radius 1 is 0.359 bits per heavy atom. The van der Waals surface area contributed by atoms with Crippen LogP contribution in [0.25, 0.3) is 0 Å². The molecule has 0 aromatic carbocycles. The fourth-order valence-corrected chi connectivity index (χ4v) is 11.4. The minimum absolute atomic E-state index is 0.0365. The van der Waals surface area contributed by atoms with Crippen molar-refractivity contribution in [2.45, 2.75) is 231 Å². The van der Waals surface area contributed by atoms with Gasteiger partial charge in [0.1, 0.15) is 24.4 Å². The van der Waals surface area contributed by atoms with Gasteiger partial charge in [-0.1, -0.05) is 0 Å². The molecule has 4 aliphatic heterocycles. The standard InChI is InChI=1S/C46H84N6O12/c1-39(2)19-31(20-40(3,4)49(39)57)61-35(53)27-47(28-36(54)62-32-21-41(5,6)50(58)42(7,8)22-32)17-18-48(29-37(55)63-33-23-43(9,10)51(59)44(11,12)24-33)30-38(56)64-34-25-45(13,14)52(60)46(15,16)26-34/h31-34,57-60H,17-30H2,1-16H3. The van der Waals surface area contributed by atoms with E-state index in [1.54, 1.807) is 9.80 Å². The van der Waals surface area contributed by atoms with Crippen LogP contribution in [-0.4, -0.2) is 183 Å². The van der Waals surface area contributed by atoms with Crippen LogP contribution in [0, 0.1) is 0 Å². The van der Waals surface area contributed by atoms with E-state index >= 15 is 0 Å². The van der Waals surface area contributed by atoms with Crippen molar-refractivity contribution in [3.05, 3.63) is 0 Å². The number of hydrogen-bond acceptors (Lipinski definition) is 18. The summed E-state index contributed by atoms with van der Waals surface area (Å²) in [5.41, 5.74) is -5.39. The van der Waals surface area contributed by atoms with Crippen LogP contribution in [0.15, 0.2) is 0 Å². The summed E-state index contributed by atoms with van der Waals surface area (Å²) >= 11 is 0. The van der Waals surface area contributed by atoms with Crippen molar-refractivity contribution in [2.75, 3.05) is 39.3 Å². The average Bonchev–Trinajstić information content (AvgIpc) is 3.08. The molecule has 0 unspecified atom stereocenters. The van der Waals surface area contributed by atoms with E-state index in [4.69, 9.17) is 18.9 Å². The maximum absolute atomic E-state index is 13.8. The van der Waals surface area contributed by atoms with Gasteiger partial charge in [-0.15, -0.1) is 0 Å². The largest absolute Gasteiger partial charge is 0.461 e. The van der Waals surface area contributed by atoms with Gasteiger partial charge in [-0.3, -0.25) is 29.0 Å². The third-order valence-electron chi connectivity index (χ3n) is 13.7. The molecule has 370 valence electrons. The Balaban J connectivity index is 1.55. The topological polar surface area (TPSA) is 206 Å². The van der Waals surface area contributed by atoms with E-state index < -0.39 is 92.6 Å². The van der Waals surface area contributed by atoms with E-state index in [1.807, 2.05) is 111 Å². The summed E-state index contributed by atoms with van der Waals surface area (Å²) in [7, 11) is 0. The van der Waals surface area contributed by atoms with Crippen molar-refractivity contribution in [3.63, 3.8) is 0 Å². The van der Waals surface area contributed by atoms with Gasteiger partial charge in [0.2, 0.25) is 0 Å². The first-order chi connectivity index (χ1) is 28.9. The molecule has 4 aliphatic rings. The summed E-state index contributed by atoms with van der Waals surface area (Å²) < 4.78 is 24.1. The molecule has 18 heteroatoms. The van der Waals surface area contributed by atoms with Crippen LogP contribution in [0.4, 0.5) is 0 Å². The molecule has 0 aromatic heterocycles. The number of hydroxylamine groups is 8. The van der Waals surface area contributed by atoms with Crippen molar-refractivity contribution < 1.29 is 59.0 Å². The molecule has 18 nitrogen and oxygen atoms in total. The Labute approximate surface area is 382 Å². The van der Waals surface area contributed by atoms with Crippen molar-refractivity contribution in [1.82, 2.24) is 30.1 Å². The Kier molecular flexibility index (Phi) is 16.3. The highest BCUT2D eigenvalue weighted by atomic mass is 16.6. The zero-order valence-electron chi connectivity index (χ0n) is 41.9. The first kappa shape index (κ1) is 54.1. The lowest BCUT2D eigenvalue weighted by atomic mass is 9.80. The van der Waals surface area contributed by atoms with Crippen LogP contribution in [0.5, 0.6) is 0 Å². The van der Waals surface area contributed by atoms with Gasteiger partial charge in [-0.2, -0.15) is 20.3 Å². The molecule has 4 N–H and O–H groups in total. The second-order valence-corrected chi connectivity index (χ2v) is 24.2. The molecule has 0 bridgehead atoms. The second-order valence-electron chi connectivity index (χ2n) is 24.2.